The third kappa shape index (κ3) is 4.45. The van der Waals surface area contributed by atoms with Crippen LogP contribution >= 0.6 is 0 Å². The molecular formula is C19H27N3O. The topological polar surface area (TPSA) is 39.3 Å². The maximum absolute atomic E-state index is 13.0. The second kappa shape index (κ2) is 7.47. The van der Waals surface area contributed by atoms with Gasteiger partial charge in [-0.1, -0.05) is 24.3 Å². The number of benzene rings is 1. The Morgan fingerprint density at radius 2 is 1.74 bits per heavy atom. The van der Waals surface area contributed by atoms with Crippen LogP contribution in [0.1, 0.15) is 32.9 Å². The Morgan fingerprint density at radius 1 is 1.04 bits per heavy atom. The van der Waals surface area contributed by atoms with E-state index in [9.17, 15) is 4.79 Å². The van der Waals surface area contributed by atoms with Gasteiger partial charge in [0.2, 0.25) is 0 Å². The number of carbonyl (C=O) groups excluding carboxylic acids is 1. The fraction of sp³-hybridized carbons (Fsp3) is 0.421. The summed E-state index contributed by atoms with van der Waals surface area (Å²) >= 11 is 0. The van der Waals surface area contributed by atoms with E-state index in [1.54, 1.807) is 0 Å². The van der Waals surface area contributed by atoms with Gasteiger partial charge in [0.1, 0.15) is 5.69 Å². The fourth-order valence-electron chi connectivity index (χ4n) is 2.68. The van der Waals surface area contributed by atoms with Crippen molar-refractivity contribution in [3.8, 4) is 0 Å². The third-order valence-electron chi connectivity index (χ3n) is 4.09. The Morgan fingerprint density at radius 3 is 2.30 bits per heavy atom. The van der Waals surface area contributed by atoms with E-state index in [2.05, 4.69) is 28.9 Å². The van der Waals surface area contributed by atoms with Crippen molar-refractivity contribution in [3.63, 3.8) is 0 Å². The molecule has 0 aliphatic carbocycles. The van der Waals surface area contributed by atoms with E-state index in [0.29, 0.717) is 18.8 Å². The summed E-state index contributed by atoms with van der Waals surface area (Å²) < 4.78 is 0. The van der Waals surface area contributed by atoms with Gasteiger partial charge >= 0.3 is 0 Å². The molecule has 1 amide bonds. The van der Waals surface area contributed by atoms with E-state index < -0.39 is 0 Å². The Labute approximate surface area is 139 Å². The molecule has 2 rings (SSSR count). The second-order valence-electron chi connectivity index (χ2n) is 6.47. The zero-order chi connectivity index (χ0) is 17.0. The zero-order valence-corrected chi connectivity index (χ0v) is 14.8. The predicted molar refractivity (Wildman–Crippen MR) is 94.7 cm³/mol. The molecule has 0 unspecified atom stereocenters. The molecule has 0 aliphatic heterocycles. The Bertz CT molecular complexity index is 673. The average Bonchev–Trinajstić information content (AvgIpc) is 2.83. The molecular weight excluding hydrogens is 286 g/mol. The van der Waals surface area contributed by atoms with Gasteiger partial charge in [-0.2, -0.15) is 0 Å². The van der Waals surface area contributed by atoms with Gasteiger partial charge < -0.3 is 14.8 Å². The highest BCUT2D eigenvalue weighted by Gasteiger charge is 2.20. The molecule has 2 aromatic rings. The Balaban J connectivity index is 2.24. The molecule has 4 heteroatoms. The van der Waals surface area contributed by atoms with Gasteiger partial charge in [-0.15, -0.1) is 0 Å². The van der Waals surface area contributed by atoms with Crippen molar-refractivity contribution in [3.05, 3.63) is 58.4 Å². The first-order valence-electron chi connectivity index (χ1n) is 8.03. The molecule has 0 saturated heterocycles. The van der Waals surface area contributed by atoms with E-state index in [-0.39, 0.29) is 5.91 Å². The van der Waals surface area contributed by atoms with Crippen LogP contribution in [0.3, 0.4) is 0 Å². The fourth-order valence-corrected chi connectivity index (χ4v) is 2.68. The van der Waals surface area contributed by atoms with Crippen LogP contribution < -0.4 is 0 Å². The van der Waals surface area contributed by atoms with Gasteiger partial charge in [0.25, 0.3) is 5.91 Å². The number of aromatic amines is 1. The monoisotopic (exact) mass is 313 g/mol. The number of carbonyl (C=O) groups is 1. The van der Waals surface area contributed by atoms with Crippen LogP contribution in [0.5, 0.6) is 0 Å². The number of likely N-dealkylation sites (N-methyl/N-ethyl adjacent to an activating group) is 1. The quantitative estimate of drug-likeness (QED) is 0.890. The van der Waals surface area contributed by atoms with Crippen LogP contribution in [0.25, 0.3) is 0 Å². The van der Waals surface area contributed by atoms with Crippen molar-refractivity contribution in [2.75, 3.05) is 27.2 Å². The lowest BCUT2D eigenvalue weighted by atomic mass is 10.1. The summed E-state index contributed by atoms with van der Waals surface area (Å²) in [5.74, 6) is 0.0701. The van der Waals surface area contributed by atoms with Crippen molar-refractivity contribution >= 4 is 5.91 Å². The van der Waals surface area contributed by atoms with Crippen molar-refractivity contribution in [1.82, 2.24) is 14.8 Å². The molecule has 0 atom stereocenters. The van der Waals surface area contributed by atoms with E-state index in [0.717, 1.165) is 17.8 Å². The molecule has 0 radical (unpaired) electrons. The number of aryl methyl sites for hydroxylation is 3. The highest BCUT2D eigenvalue weighted by atomic mass is 16.2. The number of rotatable bonds is 6. The van der Waals surface area contributed by atoms with Crippen LogP contribution in [0.2, 0.25) is 0 Å². The molecule has 1 aromatic heterocycles. The maximum Gasteiger partial charge on any atom is 0.270 e. The summed E-state index contributed by atoms with van der Waals surface area (Å²) in [5, 5.41) is 0. The number of hydrogen-bond acceptors (Lipinski definition) is 2. The van der Waals surface area contributed by atoms with E-state index in [1.165, 1.54) is 11.1 Å². The molecule has 1 aromatic carbocycles. The molecule has 0 aliphatic rings. The minimum atomic E-state index is 0.0701. The molecule has 1 N–H and O–H groups in total. The standard InChI is InChI=1S/C19H27N3O/c1-14-8-6-7-9-17(14)13-22(11-10-21(4)5)19(23)18-15(2)12-16(3)20-18/h6-9,12,20H,10-11,13H2,1-5H3. The molecule has 0 spiro atoms. The average molecular weight is 313 g/mol. The summed E-state index contributed by atoms with van der Waals surface area (Å²) in [6.07, 6.45) is 0. The molecule has 124 valence electrons. The smallest absolute Gasteiger partial charge is 0.270 e. The van der Waals surface area contributed by atoms with Crippen molar-refractivity contribution in [1.29, 1.82) is 0 Å². The van der Waals surface area contributed by atoms with Crippen LogP contribution in [0, 0.1) is 20.8 Å². The summed E-state index contributed by atoms with van der Waals surface area (Å²) in [6.45, 7) is 8.24. The van der Waals surface area contributed by atoms with E-state index >= 15 is 0 Å². The maximum atomic E-state index is 13.0. The van der Waals surface area contributed by atoms with Crippen molar-refractivity contribution in [2.24, 2.45) is 0 Å². The molecule has 0 fully saturated rings. The number of aromatic nitrogens is 1. The van der Waals surface area contributed by atoms with Crippen LogP contribution in [0.4, 0.5) is 0 Å². The second-order valence-corrected chi connectivity index (χ2v) is 6.47. The van der Waals surface area contributed by atoms with Crippen molar-refractivity contribution in [2.45, 2.75) is 27.3 Å². The first-order valence-corrected chi connectivity index (χ1v) is 8.03. The summed E-state index contributed by atoms with van der Waals surface area (Å²) in [6, 6.07) is 10.3. The number of nitrogens with zero attached hydrogens (tertiary/aromatic N) is 2. The molecule has 23 heavy (non-hydrogen) atoms. The molecule has 1 heterocycles. The lowest BCUT2D eigenvalue weighted by molar-refractivity contribution is 0.0725. The van der Waals surface area contributed by atoms with Gasteiger partial charge in [0, 0.05) is 25.3 Å². The summed E-state index contributed by atoms with van der Waals surface area (Å²) in [7, 11) is 4.06. The Kier molecular flexibility index (Phi) is 5.61. The first kappa shape index (κ1) is 17.3. The molecule has 0 bridgehead atoms. The largest absolute Gasteiger partial charge is 0.354 e. The van der Waals surface area contributed by atoms with Crippen LogP contribution in [-0.4, -0.2) is 47.9 Å². The van der Waals surface area contributed by atoms with Crippen molar-refractivity contribution < 1.29 is 4.79 Å². The van der Waals surface area contributed by atoms with Crippen LogP contribution in [-0.2, 0) is 6.54 Å². The SMILES string of the molecule is Cc1cc(C)c(C(=O)N(CCN(C)C)Cc2ccccc2C)[nH]1. The highest BCUT2D eigenvalue weighted by Crippen LogP contribution is 2.16. The number of nitrogens with one attached hydrogen (secondary N) is 1. The third-order valence-corrected chi connectivity index (χ3v) is 4.09. The van der Waals surface area contributed by atoms with E-state index in [1.807, 2.05) is 51.0 Å². The number of amides is 1. The lowest BCUT2D eigenvalue weighted by Gasteiger charge is -2.25. The van der Waals surface area contributed by atoms with Gasteiger partial charge in [-0.05, 0) is 57.6 Å². The molecule has 4 nitrogen and oxygen atoms in total. The van der Waals surface area contributed by atoms with Gasteiger partial charge in [-0.25, -0.2) is 0 Å². The normalized spacial score (nSPS) is 11.0. The number of hydrogen-bond donors (Lipinski definition) is 1. The first-order chi connectivity index (χ1) is 10.9. The van der Waals surface area contributed by atoms with Gasteiger partial charge in [0.05, 0.1) is 0 Å². The predicted octanol–water partition coefficient (Wildman–Crippen LogP) is 3.14. The highest BCUT2D eigenvalue weighted by molar-refractivity contribution is 5.94. The zero-order valence-electron chi connectivity index (χ0n) is 14.8. The minimum Gasteiger partial charge on any atom is -0.354 e. The van der Waals surface area contributed by atoms with Gasteiger partial charge in [0.15, 0.2) is 0 Å². The number of H-pyrrole nitrogens is 1. The Hall–Kier alpha value is -2.07. The molecule has 0 saturated carbocycles. The van der Waals surface area contributed by atoms with E-state index in [4.69, 9.17) is 0 Å². The summed E-state index contributed by atoms with van der Waals surface area (Å²) in [5.41, 5.74) is 5.14. The summed E-state index contributed by atoms with van der Waals surface area (Å²) in [4.78, 5) is 20.2. The van der Waals surface area contributed by atoms with Crippen LogP contribution in [0.15, 0.2) is 30.3 Å². The minimum absolute atomic E-state index is 0.0701. The van der Waals surface area contributed by atoms with Gasteiger partial charge in [-0.3, -0.25) is 4.79 Å². The lowest BCUT2D eigenvalue weighted by Crippen LogP contribution is -2.37.